The van der Waals surface area contributed by atoms with Crippen LogP contribution < -0.4 is 11.5 Å². The van der Waals surface area contributed by atoms with Crippen molar-refractivity contribution in [3.8, 4) is 11.4 Å². The van der Waals surface area contributed by atoms with Gasteiger partial charge in [-0.25, -0.2) is 9.97 Å². The Morgan fingerprint density at radius 3 is 2.56 bits per heavy atom. The maximum atomic E-state index is 12.0. The molecule has 0 bridgehead atoms. The number of phenols is 1. The Hall–Kier alpha value is -3.09. The van der Waals surface area contributed by atoms with Crippen LogP contribution in [0.1, 0.15) is 47.1 Å². The third-order valence-electron chi connectivity index (χ3n) is 4.36. The van der Waals surface area contributed by atoms with Gasteiger partial charge in [0.25, 0.3) is 5.91 Å². The summed E-state index contributed by atoms with van der Waals surface area (Å²) < 4.78 is 1.67. The van der Waals surface area contributed by atoms with Crippen LogP contribution in [0.3, 0.4) is 0 Å². The first-order valence-electron chi connectivity index (χ1n) is 8.00. The van der Waals surface area contributed by atoms with E-state index in [9.17, 15) is 9.90 Å². The van der Waals surface area contributed by atoms with Crippen molar-refractivity contribution >= 4 is 22.8 Å². The van der Waals surface area contributed by atoms with Crippen molar-refractivity contribution in [3.63, 3.8) is 0 Å². The Kier molecular flexibility index (Phi) is 3.87. The highest BCUT2D eigenvalue weighted by molar-refractivity contribution is 6.10. The molecule has 2 aromatic heterocycles. The van der Waals surface area contributed by atoms with Crippen LogP contribution in [0.4, 0.5) is 5.82 Å². The van der Waals surface area contributed by atoms with E-state index in [-0.39, 0.29) is 23.0 Å². The standard InChI is InChI=1S/C18H21N5O2/c1-8(2)17-21-7-11-13(16(20)25)15(19)23(18(11)22-17)14-9(3)5-6-12(24)10(14)4/h5-8,24H,19H2,1-4H3,(H2,20,25). The van der Waals surface area contributed by atoms with Gasteiger partial charge >= 0.3 is 0 Å². The molecule has 0 fully saturated rings. The molecule has 0 saturated heterocycles. The number of carbonyl (C=O) groups is 1. The first-order chi connectivity index (χ1) is 11.7. The van der Waals surface area contributed by atoms with Gasteiger partial charge in [0.2, 0.25) is 0 Å². The maximum absolute atomic E-state index is 12.0. The number of nitrogen functional groups attached to an aromatic ring is 1. The fraction of sp³-hybridized carbons (Fsp3) is 0.278. The fourth-order valence-electron chi connectivity index (χ4n) is 3.03. The Bertz CT molecular complexity index is 1000. The number of aryl methyl sites for hydroxylation is 1. The summed E-state index contributed by atoms with van der Waals surface area (Å²) in [5, 5.41) is 10.6. The number of benzene rings is 1. The first kappa shape index (κ1) is 16.8. The molecule has 5 N–H and O–H groups in total. The van der Waals surface area contributed by atoms with E-state index >= 15 is 0 Å². The average Bonchev–Trinajstić information content (AvgIpc) is 2.83. The molecule has 0 unspecified atom stereocenters. The third-order valence-corrected chi connectivity index (χ3v) is 4.36. The molecule has 0 aliphatic heterocycles. The Labute approximate surface area is 145 Å². The molecule has 0 aliphatic carbocycles. The van der Waals surface area contributed by atoms with Gasteiger partial charge in [0.05, 0.1) is 16.6 Å². The molecule has 7 heteroatoms. The quantitative estimate of drug-likeness (QED) is 0.677. The van der Waals surface area contributed by atoms with E-state index < -0.39 is 5.91 Å². The number of hydrogen-bond acceptors (Lipinski definition) is 5. The molecule has 130 valence electrons. The summed E-state index contributed by atoms with van der Waals surface area (Å²) in [6.07, 6.45) is 1.58. The van der Waals surface area contributed by atoms with E-state index in [1.807, 2.05) is 20.8 Å². The number of aromatic nitrogens is 3. The van der Waals surface area contributed by atoms with Gasteiger partial charge in [0, 0.05) is 17.7 Å². The summed E-state index contributed by atoms with van der Waals surface area (Å²) in [4.78, 5) is 20.9. The van der Waals surface area contributed by atoms with Gasteiger partial charge in [0.1, 0.15) is 17.4 Å². The molecule has 1 aromatic carbocycles. The summed E-state index contributed by atoms with van der Waals surface area (Å²) in [6, 6.07) is 3.41. The Balaban J connectivity index is 2.50. The van der Waals surface area contributed by atoms with E-state index in [0.29, 0.717) is 28.1 Å². The van der Waals surface area contributed by atoms with Crippen molar-refractivity contribution in [1.29, 1.82) is 0 Å². The van der Waals surface area contributed by atoms with Crippen molar-refractivity contribution in [2.45, 2.75) is 33.6 Å². The number of carbonyl (C=O) groups excluding carboxylic acids is 1. The Morgan fingerprint density at radius 1 is 1.28 bits per heavy atom. The normalized spacial score (nSPS) is 11.4. The van der Waals surface area contributed by atoms with Crippen molar-refractivity contribution in [2.75, 3.05) is 5.73 Å². The molecule has 25 heavy (non-hydrogen) atoms. The van der Waals surface area contributed by atoms with E-state index in [0.717, 1.165) is 5.56 Å². The molecule has 0 saturated carbocycles. The lowest BCUT2D eigenvalue weighted by Gasteiger charge is -2.15. The predicted octanol–water partition coefficient (Wildman–Crippen LogP) is 2.55. The minimum Gasteiger partial charge on any atom is -0.508 e. The highest BCUT2D eigenvalue weighted by atomic mass is 16.3. The predicted molar refractivity (Wildman–Crippen MR) is 97.0 cm³/mol. The van der Waals surface area contributed by atoms with E-state index in [1.54, 1.807) is 29.8 Å². The lowest BCUT2D eigenvalue weighted by molar-refractivity contribution is 0.100. The van der Waals surface area contributed by atoms with Crippen LogP contribution >= 0.6 is 0 Å². The monoisotopic (exact) mass is 339 g/mol. The first-order valence-corrected chi connectivity index (χ1v) is 8.00. The zero-order chi connectivity index (χ0) is 18.5. The van der Waals surface area contributed by atoms with Gasteiger partial charge in [-0.15, -0.1) is 0 Å². The van der Waals surface area contributed by atoms with Crippen molar-refractivity contribution < 1.29 is 9.90 Å². The molecule has 3 rings (SSSR count). The SMILES string of the molecule is Cc1ccc(O)c(C)c1-n1c(N)c(C(N)=O)c2cnc(C(C)C)nc21. The molecule has 0 atom stereocenters. The highest BCUT2D eigenvalue weighted by Crippen LogP contribution is 2.35. The van der Waals surface area contributed by atoms with E-state index in [2.05, 4.69) is 9.97 Å². The molecular weight excluding hydrogens is 318 g/mol. The average molecular weight is 339 g/mol. The smallest absolute Gasteiger partial charge is 0.253 e. The van der Waals surface area contributed by atoms with Gasteiger partial charge in [-0.2, -0.15) is 0 Å². The summed E-state index contributed by atoms with van der Waals surface area (Å²) in [5.41, 5.74) is 14.7. The van der Waals surface area contributed by atoms with Gasteiger partial charge < -0.3 is 16.6 Å². The number of fused-ring (bicyclic) bond motifs is 1. The van der Waals surface area contributed by atoms with Crippen LogP contribution in [0, 0.1) is 13.8 Å². The topological polar surface area (TPSA) is 120 Å². The second-order valence-corrected chi connectivity index (χ2v) is 6.46. The van der Waals surface area contributed by atoms with Crippen LogP contribution in [0.25, 0.3) is 16.7 Å². The van der Waals surface area contributed by atoms with Crippen LogP contribution in [-0.2, 0) is 0 Å². The minimum atomic E-state index is -0.641. The highest BCUT2D eigenvalue weighted by Gasteiger charge is 2.24. The van der Waals surface area contributed by atoms with Gasteiger partial charge in [0.15, 0.2) is 5.65 Å². The molecule has 3 aromatic rings. The number of nitrogens with zero attached hydrogens (tertiary/aromatic N) is 3. The van der Waals surface area contributed by atoms with Crippen molar-refractivity contribution in [3.05, 3.63) is 40.8 Å². The van der Waals surface area contributed by atoms with Gasteiger partial charge in [-0.05, 0) is 25.5 Å². The van der Waals surface area contributed by atoms with Crippen molar-refractivity contribution in [2.24, 2.45) is 5.73 Å². The second-order valence-electron chi connectivity index (χ2n) is 6.46. The van der Waals surface area contributed by atoms with Crippen LogP contribution in [0.15, 0.2) is 18.3 Å². The van der Waals surface area contributed by atoms with E-state index in [1.165, 1.54) is 0 Å². The molecule has 0 spiro atoms. The number of amides is 1. The number of phenolic OH excluding ortho intramolecular Hbond substituents is 1. The lowest BCUT2D eigenvalue weighted by Crippen LogP contribution is -2.14. The van der Waals surface area contributed by atoms with Crippen LogP contribution in [-0.4, -0.2) is 25.5 Å². The number of rotatable bonds is 3. The van der Waals surface area contributed by atoms with Crippen molar-refractivity contribution in [1.82, 2.24) is 14.5 Å². The largest absolute Gasteiger partial charge is 0.508 e. The lowest BCUT2D eigenvalue weighted by atomic mass is 10.1. The molecule has 1 amide bonds. The summed E-state index contributed by atoms with van der Waals surface area (Å²) in [5.74, 6) is 0.433. The summed E-state index contributed by atoms with van der Waals surface area (Å²) >= 11 is 0. The zero-order valence-electron chi connectivity index (χ0n) is 14.7. The van der Waals surface area contributed by atoms with Crippen LogP contribution in [0.2, 0.25) is 0 Å². The van der Waals surface area contributed by atoms with Gasteiger partial charge in [-0.3, -0.25) is 9.36 Å². The second kappa shape index (κ2) is 5.77. The summed E-state index contributed by atoms with van der Waals surface area (Å²) in [6.45, 7) is 7.66. The number of anilines is 1. The zero-order valence-corrected chi connectivity index (χ0v) is 14.7. The Morgan fingerprint density at radius 2 is 1.96 bits per heavy atom. The number of primary amides is 1. The number of hydrogen-bond donors (Lipinski definition) is 3. The maximum Gasteiger partial charge on any atom is 0.253 e. The molecule has 0 radical (unpaired) electrons. The molecule has 2 heterocycles. The minimum absolute atomic E-state index is 0.109. The molecular formula is C18H21N5O2. The molecule has 0 aliphatic rings. The number of aromatic hydroxyl groups is 1. The van der Waals surface area contributed by atoms with Crippen LogP contribution in [0.5, 0.6) is 5.75 Å². The van der Waals surface area contributed by atoms with E-state index in [4.69, 9.17) is 11.5 Å². The summed E-state index contributed by atoms with van der Waals surface area (Å²) in [7, 11) is 0. The number of nitrogens with two attached hydrogens (primary N) is 2. The third kappa shape index (κ3) is 2.48. The molecule has 7 nitrogen and oxygen atoms in total. The fourth-order valence-corrected chi connectivity index (χ4v) is 3.03. The van der Waals surface area contributed by atoms with Gasteiger partial charge in [-0.1, -0.05) is 19.9 Å².